The Labute approximate surface area is 70.7 Å². The molecule has 1 aliphatic rings. The van der Waals surface area contributed by atoms with Crippen molar-refractivity contribution < 1.29 is 0 Å². The van der Waals surface area contributed by atoms with Gasteiger partial charge in [0.15, 0.2) is 0 Å². The second-order valence-electron chi connectivity index (χ2n) is 3.97. The average Bonchev–Trinajstić information content (AvgIpc) is 2.04. The van der Waals surface area contributed by atoms with E-state index >= 15 is 0 Å². The second-order valence-corrected chi connectivity index (χ2v) is 3.97. The molecule has 0 atom stereocenters. The molecular weight excluding hydrogens is 132 g/mol. The molecular formula is C11H20. The zero-order valence-corrected chi connectivity index (χ0v) is 8.11. The molecule has 0 aliphatic heterocycles. The molecule has 0 heteroatoms. The summed E-state index contributed by atoms with van der Waals surface area (Å²) in [6.07, 6.45) is 9.19. The molecule has 0 bridgehead atoms. The Morgan fingerprint density at radius 1 is 1.36 bits per heavy atom. The van der Waals surface area contributed by atoms with Crippen LogP contribution in [-0.4, -0.2) is 0 Å². The Morgan fingerprint density at radius 3 is 2.36 bits per heavy atom. The average molecular weight is 152 g/mol. The van der Waals surface area contributed by atoms with Gasteiger partial charge in [-0.1, -0.05) is 38.3 Å². The van der Waals surface area contributed by atoms with Crippen molar-refractivity contribution >= 4 is 0 Å². The van der Waals surface area contributed by atoms with Crippen LogP contribution >= 0.6 is 0 Å². The molecule has 0 spiro atoms. The van der Waals surface area contributed by atoms with Gasteiger partial charge in [0.2, 0.25) is 0 Å². The first kappa shape index (κ1) is 8.83. The molecule has 0 aromatic heterocycles. The molecule has 0 saturated heterocycles. The van der Waals surface area contributed by atoms with Gasteiger partial charge in [-0.2, -0.15) is 0 Å². The molecule has 0 radical (unpaired) electrons. The van der Waals surface area contributed by atoms with Crippen molar-refractivity contribution in [3.63, 3.8) is 0 Å². The molecule has 11 heavy (non-hydrogen) atoms. The molecule has 0 N–H and O–H groups in total. The highest BCUT2D eigenvalue weighted by molar-refractivity contribution is 5.07. The largest absolute Gasteiger partial charge is 0.0856 e. The van der Waals surface area contributed by atoms with Crippen LogP contribution in [0.25, 0.3) is 0 Å². The van der Waals surface area contributed by atoms with Gasteiger partial charge >= 0.3 is 0 Å². The Balaban J connectivity index is 2.65. The molecule has 1 aliphatic carbocycles. The minimum Gasteiger partial charge on any atom is -0.0856 e. The molecule has 1 rings (SSSR count). The monoisotopic (exact) mass is 152 g/mol. The van der Waals surface area contributed by atoms with Gasteiger partial charge in [-0.15, -0.1) is 0 Å². The van der Waals surface area contributed by atoms with E-state index in [2.05, 4.69) is 26.8 Å². The van der Waals surface area contributed by atoms with Gasteiger partial charge in [0.25, 0.3) is 0 Å². The number of allylic oxidation sites excluding steroid dienone is 2. The van der Waals surface area contributed by atoms with E-state index in [0.717, 1.165) is 0 Å². The summed E-state index contributed by atoms with van der Waals surface area (Å²) < 4.78 is 0. The van der Waals surface area contributed by atoms with Gasteiger partial charge in [-0.3, -0.25) is 0 Å². The lowest BCUT2D eigenvalue weighted by atomic mass is 9.71. The molecule has 64 valence electrons. The van der Waals surface area contributed by atoms with Crippen LogP contribution in [-0.2, 0) is 0 Å². The van der Waals surface area contributed by atoms with E-state index in [4.69, 9.17) is 0 Å². The Bertz CT molecular complexity index is 149. The van der Waals surface area contributed by atoms with Crippen molar-refractivity contribution in [1.29, 1.82) is 0 Å². The van der Waals surface area contributed by atoms with Crippen LogP contribution in [0.5, 0.6) is 0 Å². The first-order valence-electron chi connectivity index (χ1n) is 4.88. The van der Waals surface area contributed by atoms with Crippen LogP contribution in [0.1, 0.15) is 52.9 Å². The third kappa shape index (κ3) is 1.85. The standard InChI is InChI=1S/C11H20/c1-4-11(5-2)8-6-7-10(3)9-11/h7H,4-6,8-9H2,1-3H3. The van der Waals surface area contributed by atoms with E-state index in [1.54, 1.807) is 5.57 Å². The highest BCUT2D eigenvalue weighted by Crippen LogP contribution is 2.41. The van der Waals surface area contributed by atoms with E-state index < -0.39 is 0 Å². The van der Waals surface area contributed by atoms with E-state index in [1.807, 2.05) is 0 Å². The number of hydrogen-bond acceptors (Lipinski definition) is 0. The fourth-order valence-corrected chi connectivity index (χ4v) is 2.23. The van der Waals surface area contributed by atoms with E-state index in [9.17, 15) is 0 Å². The zero-order valence-electron chi connectivity index (χ0n) is 8.11. The number of hydrogen-bond donors (Lipinski definition) is 0. The van der Waals surface area contributed by atoms with Crippen LogP contribution in [0, 0.1) is 5.41 Å². The summed E-state index contributed by atoms with van der Waals surface area (Å²) in [6.45, 7) is 6.95. The normalized spacial score (nSPS) is 23.0. The molecule has 0 aromatic carbocycles. The summed E-state index contributed by atoms with van der Waals surface area (Å²) in [4.78, 5) is 0. The van der Waals surface area contributed by atoms with Gasteiger partial charge < -0.3 is 0 Å². The van der Waals surface area contributed by atoms with E-state index in [-0.39, 0.29) is 0 Å². The van der Waals surface area contributed by atoms with Crippen molar-refractivity contribution in [1.82, 2.24) is 0 Å². The maximum atomic E-state index is 2.41. The van der Waals surface area contributed by atoms with Crippen molar-refractivity contribution in [3.05, 3.63) is 11.6 Å². The predicted molar refractivity (Wildman–Crippen MR) is 50.6 cm³/mol. The van der Waals surface area contributed by atoms with Crippen molar-refractivity contribution in [3.8, 4) is 0 Å². The summed E-state index contributed by atoms with van der Waals surface area (Å²) in [5.74, 6) is 0. The molecule has 0 fully saturated rings. The minimum atomic E-state index is 0.666. The Kier molecular flexibility index (Phi) is 2.75. The van der Waals surface area contributed by atoms with Crippen molar-refractivity contribution in [2.75, 3.05) is 0 Å². The first-order valence-corrected chi connectivity index (χ1v) is 4.88. The summed E-state index contributed by atoms with van der Waals surface area (Å²) in [7, 11) is 0. The zero-order chi connectivity index (χ0) is 8.32. The van der Waals surface area contributed by atoms with Crippen molar-refractivity contribution in [2.24, 2.45) is 5.41 Å². The maximum Gasteiger partial charge on any atom is -0.0263 e. The third-order valence-corrected chi connectivity index (χ3v) is 3.32. The lowest BCUT2D eigenvalue weighted by molar-refractivity contribution is 0.228. The van der Waals surface area contributed by atoms with E-state index in [0.29, 0.717) is 5.41 Å². The van der Waals surface area contributed by atoms with E-state index in [1.165, 1.54) is 32.1 Å². The van der Waals surface area contributed by atoms with Crippen LogP contribution < -0.4 is 0 Å². The van der Waals surface area contributed by atoms with Crippen LogP contribution in [0.4, 0.5) is 0 Å². The quantitative estimate of drug-likeness (QED) is 0.526. The van der Waals surface area contributed by atoms with Crippen LogP contribution in [0.15, 0.2) is 11.6 Å². The Hall–Kier alpha value is -0.260. The van der Waals surface area contributed by atoms with Gasteiger partial charge in [-0.05, 0) is 31.6 Å². The van der Waals surface area contributed by atoms with Crippen LogP contribution in [0.2, 0.25) is 0 Å². The Morgan fingerprint density at radius 2 is 2.00 bits per heavy atom. The fourth-order valence-electron chi connectivity index (χ4n) is 2.23. The lowest BCUT2D eigenvalue weighted by Crippen LogP contribution is -2.21. The van der Waals surface area contributed by atoms with Crippen LogP contribution in [0.3, 0.4) is 0 Å². The smallest absolute Gasteiger partial charge is 0.0263 e. The first-order chi connectivity index (χ1) is 5.22. The summed E-state index contributed by atoms with van der Waals surface area (Å²) in [5, 5.41) is 0. The highest BCUT2D eigenvalue weighted by Gasteiger charge is 2.27. The van der Waals surface area contributed by atoms with Gasteiger partial charge in [0.1, 0.15) is 0 Å². The molecule has 0 heterocycles. The molecule has 0 amide bonds. The third-order valence-electron chi connectivity index (χ3n) is 3.32. The molecule has 0 aromatic rings. The second kappa shape index (κ2) is 3.42. The summed E-state index contributed by atoms with van der Waals surface area (Å²) in [6, 6.07) is 0. The molecule has 0 unspecified atom stereocenters. The topological polar surface area (TPSA) is 0 Å². The molecule has 0 saturated carbocycles. The van der Waals surface area contributed by atoms with Crippen molar-refractivity contribution in [2.45, 2.75) is 52.9 Å². The lowest BCUT2D eigenvalue weighted by Gasteiger charge is -2.35. The van der Waals surface area contributed by atoms with Gasteiger partial charge in [0.05, 0.1) is 0 Å². The fraction of sp³-hybridized carbons (Fsp3) is 0.818. The maximum absolute atomic E-state index is 2.41. The summed E-state index contributed by atoms with van der Waals surface area (Å²) in [5.41, 5.74) is 2.28. The van der Waals surface area contributed by atoms with Gasteiger partial charge in [0, 0.05) is 0 Å². The SMILES string of the molecule is CCC1(CC)CCC=C(C)C1. The minimum absolute atomic E-state index is 0.666. The predicted octanol–water partition coefficient (Wildman–Crippen LogP) is 3.92. The molecule has 0 nitrogen and oxygen atoms in total. The summed E-state index contributed by atoms with van der Waals surface area (Å²) >= 11 is 0. The highest BCUT2D eigenvalue weighted by atomic mass is 14.3. The number of rotatable bonds is 2. The van der Waals surface area contributed by atoms with Gasteiger partial charge in [-0.25, -0.2) is 0 Å².